The Kier molecular flexibility index (Phi) is 56.6. The van der Waals surface area contributed by atoms with E-state index in [-0.39, 0.29) is 25.7 Å². The summed E-state index contributed by atoms with van der Waals surface area (Å²) in [6.45, 7) is 14.0. The van der Waals surface area contributed by atoms with Crippen LogP contribution in [-0.2, 0) is 65.4 Å². The molecule has 0 radical (unpaired) electrons. The lowest BCUT2D eigenvalue weighted by atomic mass is 10.0. The number of aliphatic hydroxyl groups is 1. The fourth-order valence-corrected chi connectivity index (χ4v) is 11.7. The van der Waals surface area contributed by atoms with Crippen LogP contribution in [0.1, 0.15) is 331 Å². The Hall–Kier alpha value is -1.94. The number of hydrogen-bond donors (Lipinski definition) is 3. The molecule has 87 heavy (non-hydrogen) atoms. The summed E-state index contributed by atoms with van der Waals surface area (Å²) in [5.41, 5.74) is 0. The monoisotopic (exact) mass is 1280 g/mol. The van der Waals surface area contributed by atoms with E-state index in [1.807, 2.05) is 0 Å². The summed E-state index contributed by atoms with van der Waals surface area (Å²) in [6, 6.07) is 0. The molecule has 19 heteroatoms. The van der Waals surface area contributed by atoms with Gasteiger partial charge in [0.25, 0.3) is 0 Å². The molecule has 0 amide bonds. The molecular weight excluding hydrogens is 1150 g/mol. The van der Waals surface area contributed by atoms with Gasteiger partial charge < -0.3 is 33.8 Å². The van der Waals surface area contributed by atoms with Crippen LogP contribution >= 0.6 is 15.6 Å². The van der Waals surface area contributed by atoms with Crippen LogP contribution in [0.4, 0.5) is 0 Å². The first kappa shape index (κ1) is 85.1. The number of ether oxygens (including phenoxy) is 4. The smallest absolute Gasteiger partial charge is 0.462 e. The van der Waals surface area contributed by atoms with Gasteiger partial charge >= 0.3 is 39.5 Å². The summed E-state index contributed by atoms with van der Waals surface area (Å²) in [4.78, 5) is 72.4. The second kappa shape index (κ2) is 57.9. The van der Waals surface area contributed by atoms with Gasteiger partial charge in [0, 0.05) is 25.7 Å². The molecule has 3 N–H and O–H groups in total. The van der Waals surface area contributed by atoms with Gasteiger partial charge in [-0.3, -0.25) is 37.3 Å². The summed E-state index contributed by atoms with van der Waals surface area (Å²) in [7, 11) is -9.90. The normalized spacial score (nSPS) is 14.3. The van der Waals surface area contributed by atoms with Gasteiger partial charge in [-0.25, -0.2) is 9.13 Å². The van der Waals surface area contributed by atoms with Crippen molar-refractivity contribution in [3.8, 4) is 0 Å². The highest BCUT2D eigenvalue weighted by molar-refractivity contribution is 7.47. The van der Waals surface area contributed by atoms with E-state index in [4.69, 9.17) is 37.0 Å². The van der Waals surface area contributed by atoms with Crippen molar-refractivity contribution in [3.63, 3.8) is 0 Å². The molecule has 17 nitrogen and oxygen atoms in total. The fourth-order valence-electron chi connectivity index (χ4n) is 10.1. The average molecular weight is 1280 g/mol. The number of hydrogen-bond acceptors (Lipinski definition) is 15. The minimum Gasteiger partial charge on any atom is -0.462 e. The molecule has 0 rings (SSSR count). The number of esters is 4. The third-order valence-corrected chi connectivity index (χ3v) is 17.5. The topological polar surface area (TPSA) is 237 Å². The van der Waals surface area contributed by atoms with Gasteiger partial charge in [0.15, 0.2) is 12.2 Å². The van der Waals surface area contributed by atoms with E-state index in [0.29, 0.717) is 37.5 Å². The molecule has 5 atom stereocenters. The predicted molar refractivity (Wildman–Crippen MR) is 349 cm³/mol. The Morgan fingerprint density at radius 2 is 0.483 bits per heavy atom. The van der Waals surface area contributed by atoms with E-state index in [2.05, 4.69) is 55.4 Å². The van der Waals surface area contributed by atoms with Crippen LogP contribution in [-0.4, -0.2) is 96.7 Å². The van der Waals surface area contributed by atoms with E-state index < -0.39 is 97.5 Å². The first-order valence-electron chi connectivity index (χ1n) is 35.2. The van der Waals surface area contributed by atoms with Crippen molar-refractivity contribution in [1.29, 1.82) is 0 Å². The van der Waals surface area contributed by atoms with Gasteiger partial charge in [-0.15, -0.1) is 0 Å². The quantitative estimate of drug-likeness (QED) is 0.0222. The standard InChI is InChI=1S/C68H132O17P2/c1-58(2)44-36-28-20-15-13-11-9-10-12-14-16-23-34-42-50-67(72)84-64(55-79-66(71)49-41-33-27-26-31-39-47-61(7)8)57-83-87(76,77)81-53-62(69)52-80-86(74,75)82-56-63(54-78-65(70)48-40-32-25-19-22-30-38-46-60(5)6)85-68(73)51-43-35-24-18-17-21-29-37-45-59(3)4/h58-64,69H,9-57H2,1-8H3,(H,74,75)(H,76,77)/t62-,63-,64-/m1/s1. The van der Waals surface area contributed by atoms with E-state index in [1.54, 1.807) is 0 Å². The lowest BCUT2D eigenvalue weighted by molar-refractivity contribution is -0.161. The highest BCUT2D eigenvalue weighted by Crippen LogP contribution is 2.45. The zero-order valence-corrected chi connectivity index (χ0v) is 58.4. The van der Waals surface area contributed by atoms with Crippen molar-refractivity contribution >= 4 is 39.5 Å². The Bertz CT molecular complexity index is 1730. The lowest BCUT2D eigenvalue weighted by Gasteiger charge is -2.21. The van der Waals surface area contributed by atoms with Crippen LogP contribution in [0.25, 0.3) is 0 Å². The molecule has 0 aliphatic rings. The molecule has 0 heterocycles. The minimum atomic E-state index is -4.95. The number of aliphatic hydroxyl groups excluding tert-OH is 1. The molecule has 0 saturated carbocycles. The van der Waals surface area contributed by atoms with E-state index >= 15 is 0 Å². The number of phosphoric acid groups is 2. The first-order chi connectivity index (χ1) is 41.6. The van der Waals surface area contributed by atoms with E-state index in [9.17, 15) is 43.2 Å². The van der Waals surface area contributed by atoms with Crippen molar-refractivity contribution in [2.45, 2.75) is 350 Å². The van der Waals surface area contributed by atoms with E-state index in [0.717, 1.165) is 115 Å². The van der Waals surface area contributed by atoms with Gasteiger partial charge in [-0.1, -0.05) is 280 Å². The predicted octanol–water partition coefficient (Wildman–Crippen LogP) is 18.9. The molecule has 0 aromatic heterocycles. The fraction of sp³-hybridized carbons (Fsp3) is 0.941. The largest absolute Gasteiger partial charge is 0.472 e. The summed E-state index contributed by atoms with van der Waals surface area (Å²) in [6.07, 6.45) is 39.2. The highest BCUT2D eigenvalue weighted by atomic mass is 31.2. The van der Waals surface area contributed by atoms with Crippen LogP contribution in [0.5, 0.6) is 0 Å². The van der Waals surface area contributed by atoms with Crippen molar-refractivity contribution in [3.05, 3.63) is 0 Å². The van der Waals surface area contributed by atoms with Crippen molar-refractivity contribution < 1.29 is 80.2 Å². The van der Waals surface area contributed by atoms with Gasteiger partial charge in [0.2, 0.25) is 0 Å². The second-order valence-electron chi connectivity index (χ2n) is 26.5. The maximum absolute atomic E-state index is 13.0. The van der Waals surface area contributed by atoms with Crippen LogP contribution in [0.2, 0.25) is 0 Å². The molecule has 0 aromatic rings. The Morgan fingerprint density at radius 1 is 0.287 bits per heavy atom. The summed E-state index contributed by atoms with van der Waals surface area (Å²) in [5, 5.41) is 10.6. The SMILES string of the molecule is CC(C)CCCCCCCCCCCCCCCCC(=O)O[C@H](COC(=O)CCCCCCCCC(C)C)COP(=O)(O)OC[C@H](O)COP(=O)(O)OC[C@@H](COC(=O)CCCCCCCCCC(C)C)OC(=O)CCCCCCCCCCC(C)C. The van der Waals surface area contributed by atoms with Crippen molar-refractivity contribution in [2.24, 2.45) is 23.7 Å². The number of carbonyl (C=O) groups excluding carboxylic acids is 4. The Balaban J connectivity index is 5.21. The van der Waals surface area contributed by atoms with Gasteiger partial charge in [-0.05, 0) is 49.4 Å². The van der Waals surface area contributed by atoms with Gasteiger partial charge in [0.1, 0.15) is 19.3 Å². The number of phosphoric ester groups is 2. The molecule has 2 unspecified atom stereocenters. The molecule has 0 aliphatic carbocycles. The van der Waals surface area contributed by atoms with Crippen LogP contribution in [0.3, 0.4) is 0 Å². The highest BCUT2D eigenvalue weighted by Gasteiger charge is 2.30. The zero-order valence-electron chi connectivity index (χ0n) is 56.6. The van der Waals surface area contributed by atoms with Crippen molar-refractivity contribution in [2.75, 3.05) is 39.6 Å². The third-order valence-electron chi connectivity index (χ3n) is 15.6. The molecule has 0 fully saturated rings. The zero-order chi connectivity index (χ0) is 64.7. The lowest BCUT2D eigenvalue weighted by Crippen LogP contribution is -2.30. The first-order valence-corrected chi connectivity index (χ1v) is 38.2. The average Bonchev–Trinajstić information content (AvgIpc) is 3.65. The molecule has 0 aromatic carbocycles. The van der Waals surface area contributed by atoms with E-state index in [1.165, 1.54) is 122 Å². The maximum atomic E-state index is 13.0. The Labute approximate surface area is 530 Å². The third kappa shape index (κ3) is 62.6. The summed E-state index contributed by atoms with van der Waals surface area (Å²) >= 11 is 0. The molecule has 0 spiro atoms. The molecule has 516 valence electrons. The van der Waals surface area contributed by atoms with Gasteiger partial charge in [-0.2, -0.15) is 0 Å². The summed E-state index contributed by atoms with van der Waals surface area (Å²) in [5.74, 6) is 0.762. The number of carbonyl (C=O) groups is 4. The molecular formula is C68H132O17P2. The number of unbranched alkanes of at least 4 members (excludes halogenated alkanes) is 31. The number of rotatable bonds is 65. The Morgan fingerprint density at radius 3 is 0.713 bits per heavy atom. The van der Waals surface area contributed by atoms with Crippen LogP contribution in [0.15, 0.2) is 0 Å². The van der Waals surface area contributed by atoms with Crippen LogP contribution in [0, 0.1) is 23.7 Å². The van der Waals surface area contributed by atoms with Crippen LogP contribution < -0.4 is 0 Å². The molecule has 0 aliphatic heterocycles. The van der Waals surface area contributed by atoms with Crippen molar-refractivity contribution in [1.82, 2.24) is 0 Å². The second-order valence-corrected chi connectivity index (χ2v) is 29.4. The van der Waals surface area contributed by atoms with Gasteiger partial charge in [0.05, 0.1) is 26.4 Å². The summed E-state index contributed by atoms with van der Waals surface area (Å²) < 4.78 is 68.1. The molecule has 0 saturated heterocycles. The minimum absolute atomic E-state index is 0.103. The molecule has 0 bridgehead atoms. The maximum Gasteiger partial charge on any atom is 0.472 e.